The molecule has 0 spiro atoms. The molecule has 4 amide bonds. The lowest BCUT2D eigenvalue weighted by molar-refractivity contribution is -0.885. The zero-order valence-electron chi connectivity index (χ0n) is 16.4. The van der Waals surface area contributed by atoms with Gasteiger partial charge in [-0.15, -0.1) is 0 Å². The van der Waals surface area contributed by atoms with Crippen LogP contribution in [0.3, 0.4) is 0 Å². The first-order chi connectivity index (χ1) is 13.9. The van der Waals surface area contributed by atoms with Crippen LogP contribution in [0.5, 0.6) is 0 Å². The summed E-state index contributed by atoms with van der Waals surface area (Å²) in [6.07, 6.45) is 0.351. The summed E-state index contributed by atoms with van der Waals surface area (Å²) in [7, 11) is 1.80. The smallest absolute Gasteiger partial charge is 0.326 e. The second kappa shape index (κ2) is 8.40. The van der Waals surface area contributed by atoms with Crippen LogP contribution in [0.15, 0.2) is 54.6 Å². The molecule has 1 unspecified atom stereocenters. The molecule has 2 atom stereocenters. The molecule has 1 saturated heterocycles. The highest BCUT2D eigenvalue weighted by Gasteiger charge is 2.52. The summed E-state index contributed by atoms with van der Waals surface area (Å²) in [6, 6.07) is 14.3. The van der Waals surface area contributed by atoms with E-state index in [9.17, 15) is 18.8 Å². The fraction of sp³-hybridized carbons (Fsp3) is 0.286. The van der Waals surface area contributed by atoms with Crippen LogP contribution in [0.25, 0.3) is 0 Å². The standard InChI is InChI=1S/C21H23FN4O3/c1-3-21(16-7-5-4-6-8-16)19(28)26(20(29)23-21)24-18(27)14-25(2)13-15-9-11-17(22)12-10-15/h4-12H,3,13-14H2,1-2H3,(H,23,29)(H,24,27)/p+1/t21-/m1/s1. The van der Waals surface area contributed by atoms with Crippen LogP contribution in [-0.4, -0.2) is 36.4 Å². The zero-order valence-corrected chi connectivity index (χ0v) is 16.4. The largest absolute Gasteiger partial charge is 0.344 e. The number of carbonyl (C=O) groups excluding carboxylic acids is 3. The number of nitrogens with one attached hydrogen (secondary N) is 3. The van der Waals surface area contributed by atoms with Gasteiger partial charge in [-0.2, -0.15) is 5.01 Å². The summed E-state index contributed by atoms with van der Waals surface area (Å²) < 4.78 is 13.0. The highest BCUT2D eigenvalue weighted by atomic mass is 19.1. The lowest BCUT2D eigenvalue weighted by Gasteiger charge is -2.25. The normalized spacial score (nSPS) is 19.8. The molecular weight excluding hydrogens is 375 g/mol. The molecule has 152 valence electrons. The Morgan fingerprint density at radius 3 is 2.41 bits per heavy atom. The van der Waals surface area contributed by atoms with Gasteiger partial charge in [0.15, 0.2) is 6.54 Å². The van der Waals surface area contributed by atoms with Gasteiger partial charge in [0.2, 0.25) is 0 Å². The molecule has 7 nitrogen and oxygen atoms in total. The number of urea groups is 1. The van der Waals surface area contributed by atoms with Crippen molar-refractivity contribution in [1.82, 2.24) is 15.8 Å². The highest BCUT2D eigenvalue weighted by Crippen LogP contribution is 2.31. The van der Waals surface area contributed by atoms with Gasteiger partial charge in [-0.3, -0.25) is 15.0 Å². The third-order valence-electron chi connectivity index (χ3n) is 5.01. The first-order valence-electron chi connectivity index (χ1n) is 9.43. The van der Waals surface area contributed by atoms with Crippen LogP contribution in [-0.2, 0) is 21.7 Å². The van der Waals surface area contributed by atoms with Crippen molar-refractivity contribution in [3.8, 4) is 0 Å². The van der Waals surface area contributed by atoms with Crippen LogP contribution in [0.2, 0.25) is 0 Å². The average molecular weight is 399 g/mol. The van der Waals surface area contributed by atoms with E-state index < -0.39 is 23.4 Å². The van der Waals surface area contributed by atoms with Gasteiger partial charge in [0.25, 0.3) is 11.8 Å². The number of rotatable bonds is 7. The number of carbonyl (C=O) groups is 3. The number of imide groups is 1. The molecule has 1 aliphatic rings. The van der Waals surface area contributed by atoms with Gasteiger partial charge in [-0.25, -0.2) is 9.18 Å². The molecule has 29 heavy (non-hydrogen) atoms. The van der Waals surface area contributed by atoms with Crippen molar-refractivity contribution in [2.24, 2.45) is 0 Å². The van der Waals surface area contributed by atoms with Crippen LogP contribution in [0.4, 0.5) is 9.18 Å². The summed E-state index contributed by atoms with van der Waals surface area (Å²) in [4.78, 5) is 38.7. The van der Waals surface area contributed by atoms with Gasteiger partial charge < -0.3 is 10.2 Å². The number of likely N-dealkylation sites (N-methyl/N-ethyl adjacent to an activating group) is 1. The Bertz CT molecular complexity index is 904. The van der Waals surface area contributed by atoms with Crippen LogP contribution in [0, 0.1) is 5.82 Å². The van der Waals surface area contributed by atoms with E-state index in [1.807, 2.05) is 6.07 Å². The van der Waals surface area contributed by atoms with Gasteiger partial charge in [0, 0.05) is 5.56 Å². The van der Waals surface area contributed by atoms with E-state index >= 15 is 0 Å². The molecule has 2 aromatic carbocycles. The molecule has 0 aliphatic carbocycles. The number of nitrogens with zero attached hydrogens (tertiary/aromatic N) is 1. The Morgan fingerprint density at radius 2 is 1.79 bits per heavy atom. The zero-order chi connectivity index (χ0) is 21.0. The quantitative estimate of drug-likeness (QED) is 0.601. The van der Waals surface area contributed by atoms with E-state index in [-0.39, 0.29) is 12.4 Å². The van der Waals surface area contributed by atoms with Gasteiger partial charge in [0.1, 0.15) is 17.9 Å². The Kier molecular flexibility index (Phi) is 5.93. The highest BCUT2D eigenvalue weighted by molar-refractivity contribution is 6.08. The molecule has 0 radical (unpaired) electrons. The van der Waals surface area contributed by atoms with Gasteiger partial charge in [-0.1, -0.05) is 49.4 Å². The van der Waals surface area contributed by atoms with Gasteiger partial charge in [0.05, 0.1) is 7.05 Å². The molecule has 0 aromatic heterocycles. The maximum atomic E-state index is 13.0. The minimum Gasteiger partial charge on any atom is -0.326 e. The number of benzene rings is 2. The SMILES string of the molecule is CC[C@]1(c2ccccc2)NC(=O)N(NC(=O)C[NH+](C)Cc2ccc(F)cc2)C1=O. The molecule has 1 heterocycles. The maximum Gasteiger partial charge on any atom is 0.344 e. The second-order valence-corrected chi connectivity index (χ2v) is 7.17. The van der Waals surface area contributed by atoms with Crippen molar-refractivity contribution in [3.05, 3.63) is 71.5 Å². The summed E-state index contributed by atoms with van der Waals surface area (Å²) in [5, 5.41) is 3.47. The second-order valence-electron chi connectivity index (χ2n) is 7.17. The van der Waals surface area contributed by atoms with Crippen molar-refractivity contribution in [1.29, 1.82) is 0 Å². The number of hydrazine groups is 1. The predicted molar refractivity (Wildman–Crippen MR) is 104 cm³/mol. The molecule has 3 N–H and O–H groups in total. The first kappa shape index (κ1) is 20.5. The molecule has 2 aromatic rings. The molecular formula is C21H24FN4O3+. The van der Waals surface area contributed by atoms with Gasteiger partial charge >= 0.3 is 6.03 Å². The van der Waals surface area contributed by atoms with E-state index in [1.54, 1.807) is 50.4 Å². The van der Waals surface area contributed by atoms with E-state index in [2.05, 4.69) is 10.7 Å². The Morgan fingerprint density at radius 1 is 1.14 bits per heavy atom. The predicted octanol–water partition coefficient (Wildman–Crippen LogP) is 0.729. The minimum atomic E-state index is -1.20. The fourth-order valence-electron chi connectivity index (χ4n) is 3.49. The molecule has 3 rings (SSSR count). The van der Waals surface area contributed by atoms with E-state index in [0.717, 1.165) is 15.5 Å². The molecule has 1 aliphatic heterocycles. The minimum absolute atomic E-state index is 0.0406. The molecule has 8 heteroatoms. The first-order valence-corrected chi connectivity index (χ1v) is 9.43. The summed E-state index contributed by atoms with van der Waals surface area (Å²) in [5.74, 6) is -1.30. The van der Waals surface area contributed by atoms with Crippen molar-refractivity contribution in [2.75, 3.05) is 13.6 Å². The summed E-state index contributed by atoms with van der Waals surface area (Å²) >= 11 is 0. The van der Waals surface area contributed by atoms with E-state index in [0.29, 0.717) is 18.5 Å². The van der Waals surface area contributed by atoms with Gasteiger partial charge in [-0.05, 0) is 24.1 Å². The molecule has 1 fully saturated rings. The Labute approximate surface area is 168 Å². The third kappa shape index (κ3) is 4.27. The van der Waals surface area contributed by atoms with Crippen molar-refractivity contribution < 1.29 is 23.7 Å². The molecule has 0 saturated carbocycles. The van der Waals surface area contributed by atoms with Crippen LogP contribution >= 0.6 is 0 Å². The van der Waals surface area contributed by atoms with E-state index in [4.69, 9.17) is 0 Å². The Balaban J connectivity index is 1.65. The Hall–Kier alpha value is -3.26. The topological polar surface area (TPSA) is 83.0 Å². The maximum absolute atomic E-state index is 13.0. The average Bonchev–Trinajstić information content (AvgIpc) is 2.95. The van der Waals surface area contributed by atoms with E-state index in [1.165, 1.54) is 12.1 Å². The lowest BCUT2D eigenvalue weighted by atomic mass is 9.87. The number of hydrogen-bond acceptors (Lipinski definition) is 3. The number of amides is 4. The van der Waals surface area contributed by atoms with Crippen molar-refractivity contribution in [3.63, 3.8) is 0 Å². The summed E-state index contributed by atoms with van der Waals surface area (Å²) in [6.45, 7) is 2.34. The van der Waals surface area contributed by atoms with Crippen molar-refractivity contribution >= 4 is 17.8 Å². The summed E-state index contributed by atoms with van der Waals surface area (Å²) in [5.41, 5.74) is 2.76. The molecule has 0 bridgehead atoms. The third-order valence-corrected chi connectivity index (χ3v) is 5.01. The fourth-order valence-corrected chi connectivity index (χ4v) is 3.49. The number of halogens is 1. The van der Waals surface area contributed by atoms with Crippen molar-refractivity contribution in [2.45, 2.75) is 25.4 Å². The number of hydrogen-bond donors (Lipinski definition) is 3. The lowest BCUT2D eigenvalue weighted by Crippen LogP contribution is -3.09. The van der Waals surface area contributed by atoms with Crippen LogP contribution in [0.1, 0.15) is 24.5 Å². The van der Waals surface area contributed by atoms with Crippen LogP contribution < -0.4 is 15.6 Å². The monoisotopic (exact) mass is 399 g/mol. The number of quaternary nitrogens is 1.